The first-order valence-corrected chi connectivity index (χ1v) is 9.76. The zero-order valence-corrected chi connectivity index (χ0v) is 15.7. The van der Waals surface area contributed by atoms with Gasteiger partial charge in [0, 0.05) is 18.0 Å². The molecule has 0 bridgehead atoms. The average Bonchev–Trinajstić information content (AvgIpc) is 3.28. The molecule has 0 fully saturated rings. The molecule has 0 spiro atoms. The monoisotopic (exact) mass is 380 g/mol. The molecule has 0 aliphatic carbocycles. The van der Waals surface area contributed by atoms with Gasteiger partial charge in [-0.25, -0.2) is 14.8 Å². The van der Waals surface area contributed by atoms with E-state index in [4.69, 9.17) is 0 Å². The van der Waals surface area contributed by atoms with Crippen LogP contribution in [0.15, 0.2) is 60.0 Å². The topological polar surface area (TPSA) is 58.1 Å². The van der Waals surface area contributed by atoms with Crippen LogP contribution in [0.2, 0.25) is 0 Å². The van der Waals surface area contributed by atoms with E-state index < -0.39 is 0 Å². The number of urea groups is 1. The number of aromatic nitrogens is 2. The molecule has 26 heavy (non-hydrogen) atoms. The standard InChI is InChI=1S/C19H16N4OS2/c1-23(11-17-20-14-9-5-6-10-16(14)26-17)19(24)22-18-21-15(12-25-18)13-7-3-2-4-8-13/h2-10,12H,11H2,1H3,(H,21,22,24). The summed E-state index contributed by atoms with van der Waals surface area (Å²) in [5, 5.41) is 6.30. The summed E-state index contributed by atoms with van der Waals surface area (Å²) in [7, 11) is 1.76. The molecule has 0 radical (unpaired) electrons. The van der Waals surface area contributed by atoms with Crippen molar-refractivity contribution in [3.8, 4) is 11.3 Å². The van der Waals surface area contributed by atoms with Crippen LogP contribution in [0.25, 0.3) is 21.5 Å². The predicted molar refractivity (Wildman–Crippen MR) is 108 cm³/mol. The van der Waals surface area contributed by atoms with Crippen LogP contribution >= 0.6 is 22.7 Å². The fraction of sp³-hybridized carbons (Fsp3) is 0.105. The number of amides is 2. The molecular weight excluding hydrogens is 364 g/mol. The Balaban J connectivity index is 1.42. The highest BCUT2D eigenvalue weighted by molar-refractivity contribution is 7.18. The molecule has 4 aromatic rings. The van der Waals surface area contributed by atoms with E-state index >= 15 is 0 Å². The van der Waals surface area contributed by atoms with Gasteiger partial charge in [-0.3, -0.25) is 5.32 Å². The minimum Gasteiger partial charge on any atom is -0.321 e. The number of hydrogen-bond donors (Lipinski definition) is 1. The van der Waals surface area contributed by atoms with Gasteiger partial charge in [0.05, 0.1) is 22.5 Å². The number of nitrogens with zero attached hydrogens (tertiary/aromatic N) is 3. The summed E-state index contributed by atoms with van der Waals surface area (Å²) in [4.78, 5) is 23.1. The number of para-hydroxylation sites is 1. The lowest BCUT2D eigenvalue weighted by molar-refractivity contribution is 0.220. The first kappa shape index (κ1) is 16.7. The Hall–Kier alpha value is -2.77. The van der Waals surface area contributed by atoms with E-state index in [2.05, 4.69) is 15.3 Å². The van der Waals surface area contributed by atoms with Crippen LogP contribution in [0, 0.1) is 0 Å². The van der Waals surface area contributed by atoms with Gasteiger partial charge in [0.1, 0.15) is 5.01 Å². The van der Waals surface area contributed by atoms with Crippen molar-refractivity contribution in [1.82, 2.24) is 14.9 Å². The first-order valence-electron chi connectivity index (χ1n) is 8.06. The van der Waals surface area contributed by atoms with Crippen molar-refractivity contribution in [1.29, 1.82) is 0 Å². The summed E-state index contributed by atoms with van der Waals surface area (Å²) < 4.78 is 1.13. The van der Waals surface area contributed by atoms with Gasteiger partial charge in [-0.1, -0.05) is 42.5 Å². The Morgan fingerprint density at radius 3 is 2.65 bits per heavy atom. The Morgan fingerprint density at radius 2 is 1.85 bits per heavy atom. The Kier molecular flexibility index (Phi) is 4.64. The maximum Gasteiger partial charge on any atom is 0.323 e. The van der Waals surface area contributed by atoms with Gasteiger partial charge in [-0.2, -0.15) is 0 Å². The van der Waals surface area contributed by atoms with E-state index in [1.807, 2.05) is 60.0 Å². The third-order valence-corrected chi connectivity index (χ3v) is 5.62. The fourth-order valence-corrected chi connectivity index (χ4v) is 4.25. The van der Waals surface area contributed by atoms with Crippen molar-refractivity contribution in [2.24, 2.45) is 0 Å². The van der Waals surface area contributed by atoms with Gasteiger partial charge < -0.3 is 4.90 Å². The number of nitrogens with one attached hydrogen (secondary N) is 1. The number of carbonyl (C=O) groups is 1. The van der Waals surface area contributed by atoms with E-state index in [1.165, 1.54) is 11.3 Å². The number of benzene rings is 2. The molecule has 5 nitrogen and oxygen atoms in total. The van der Waals surface area contributed by atoms with Gasteiger partial charge in [-0.05, 0) is 12.1 Å². The molecule has 2 aromatic carbocycles. The van der Waals surface area contributed by atoms with Crippen LogP contribution in [0.4, 0.5) is 9.93 Å². The molecule has 0 aliphatic heterocycles. The molecule has 2 amide bonds. The molecule has 2 heterocycles. The lowest BCUT2D eigenvalue weighted by atomic mass is 10.2. The highest BCUT2D eigenvalue weighted by atomic mass is 32.1. The molecule has 7 heteroatoms. The van der Waals surface area contributed by atoms with E-state index in [9.17, 15) is 4.79 Å². The summed E-state index contributed by atoms with van der Waals surface area (Å²) in [6.07, 6.45) is 0. The lowest BCUT2D eigenvalue weighted by Crippen LogP contribution is -2.30. The molecule has 0 saturated heterocycles. The van der Waals surface area contributed by atoms with Crippen molar-refractivity contribution in [3.63, 3.8) is 0 Å². The van der Waals surface area contributed by atoms with Crippen LogP contribution < -0.4 is 5.32 Å². The summed E-state index contributed by atoms with van der Waals surface area (Å²) in [5.74, 6) is 0. The van der Waals surface area contributed by atoms with Gasteiger partial charge in [0.2, 0.25) is 0 Å². The maximum absolute atomic E-state index is 12.4. The largest absolute Gasteiger partial charge is 0.323 e. The molecule has 0 saturated carbocycles. The second-order valence-corrected chi connectivity index (χ2v) is 7.74. The molecule has 0 unspecified atom stereocenters. The number of carbonyl (C=O) groups excluding carboxylic acids is 1. The van der Waals surface area contributed by atoms with Crippen molar-refractivity contribution < 1.29 is 4.79 Å². The molecular formula is C19H16N4OS2. The van der Waals surface area contributed by atoms with Crippen LogP contribution in [-0.4, -0.2) is 27.9 Å². The average molecular weight is 380 g/mol. The quantitative estimate of drug-likeness (QED) is 0.537. The van der Waals surface area contributed by atoms with Gasteiger partial charge in [0.25, 0.3) is 0 Å². The summed E-state index contributed by atoms with van der Waals surface area (Å²) in [6.45, 7) is 0.460. The number of anilines is 1. The second kappa shape index (κ2) is 7.23. The third kappa shape index (κ3) is 3.58. The third-order valence-electron chi connectivity index (χ3n) is 3.84. The zero-order chi connectivity index (χ0) is 17.9. The van der Waals surface area contributed by atoms with Crippen molar-refractivity contribution in [2.45, 2.75) is 6.54 Å². The molecule has 1 N–H and O–H groups in total. The Labute approximate surface area is 159 Å². The minimum atomic E-state index is -0.196. The molecule has 0 atom stereocenters. The predicted octanol–water partition coefficient (Wildman–Crippen LogP) is 5.08. The zero-order valence-electron chi connectivity index (χ0n) is 14.0. The van der Waals surface area contributed by atoms with Crippen LogP contribution in [0.3, 0.4) is 0 Å². The molecule has 2 aromatic heterocycles. The lowest BCUT2D eigenvalue weighted by Gasteiger charge is -2.15. The number of fused-ring (bicyclic) bond motifs is 1. The van der Waals surface area contributed by atoms with E-state index in [0.717, 1.165) is 26.5 Å². The van der Waals surface area contributed by atoms with Crippen LogP contribution in [0.1, 0.15) is 5.01 Å². The Bertz CT molecular complexity index is 1010. The van der Waals surface area contributed by atoms with E-state index in [-0.39, 0.29) is 6.03 Å². The summed E-state index contributed by atoms with van der Waals surface area (Å²) in [5.41, 5.74) is 2.86. The Morgan fingerprint density at radius 1 is 1.08 bits per heavy atom. The number of hydrogen-bond acceptors (Lipinski definition) is 5. The van der Waals surface area contributed by atoms with Crippen molar-refractivity contribution in [3.05, 3.63) is 65.0 Å². The van der Waals surface area contributed by atoms with Crippen LogP contribution in [-0.2, 0) is 6.54 Å². The molecule has 130 valence electrons. The summed E-state index contributed by atoms with van der Waals surface area (Å²) >= 11 is 3.02. The van der Waals surface area contributed by atoms with Crippen molar-refractivity contribution >= 4 is 44.1 Å². The minimum absolute atomic E-state index is 0.196. The normalized spacial score (nSPS) is 10.8. The van der Waals surface area contributed by atoms with E-state index in [1.54, 1.807) is 23.3 Å². The summed E-state index contributed by atoms with van der Waals surface area (Å²) in [6, 6.07) is 17.7. The molecule has 4 rings (SSSR count). The SMILES string of the molecule is CN(Cc1nc2ccccc2s1)C(=O)Nc1nc(-c2ccccc2)cs1. The maximum atomic E-state index is 12.4. The molecule has 0 aliphatic rings. The highest BCUT2D eigenvalue weighted by Gasteiger charge is 2.14. The smallest absolute Gasteiger partial charge is 0.321 e. The van der Waals surface area contributed by atoms with E-state index in [0.29, 0.717) is 11.7 Å². The number of rotatable bonds is 4. The first-order chi connectivity index (χ1) is 12.7. The number of thiazole rings is 2. The fourth-order valence-electron chi connectivity index (χ4n) is 2.52. The highest BCUT2D eigenvalue weighted by Crippen LogP contribution is 2.25. The van der Waals surface area contributed by atoms with Crippen molar-refractivity contribution in [2.75, 3.05) is 12.4 Å². The van der Waals surface area contributed by atoms with Crippen LogP contribution in [0.5, 0.6) is 0 Å². The van der Waals surface area contributed by atoms with Gasteiger partial charge >= 0.3 is 6.03 Å². The van der Waals surface area contributed by atoms with Gasteiger partial charge in [0.15, 0.2) is 5.13 Å². The van der Waals surface area contributed by atoms with Gasteiger partial charge in [-0.15, -0.1) is 22.7 Å². The second-order valence-electron chi connectivity index (χ2n) is 5.77.